The molecule has 0 heterocycles. The highest BCUT2D eigenvalue weighted by molar-refractivity contribution is 5.69. The molecule has 0 aromatic heterocycles. The minimum absolute atomic E-state index is 0.0644. The van der Waals surface area contributed by atoms with Crippen LogP contribution in [-0.4, -0.2) is 17.7 Å². The highest BCUT2D eigenvalue weighted by Crippen LogP contribution is 2.23. The summed E-state index contributed by atoms with van der Waals surface area (Å²) in [6.07, 6.45) is 0. The first-order valence-corrected chi connectivity index (χ1v) is 4.91. The van der Waals surface area contributed by atoms with E-state index >= 15 is 0 Å². The number of carboxylic acids is 1. The Morgan fingerprint density at radius 2 is 2.31 bits per heavy atom. The van der Waals surface area contributed by atoms with Crippen molar-refractivity contribution in [1.29, 1.82) is 5.26 Å². The van der Waals surface area contributed by atoms with Crippen molar-refractivity contribution in [2.45, 2.75) is 13.8 Å². The molecule has 1 unspecified atom stereocenters. The van der Waals surface area contributed by atoms with E-state index in [0.29, 0.717) is 11.3 Å². The number of hydrogen-bond donors (Lipinski definition) is 1. The first-order valence-electron chi connectivity index (χ1n) is 4.91. The van der Waals surface area contributed by atoms with Gasteiger partial charge in [0, 0.05) is 0 Å². The lowest BCUT2D eigenvalue weighted by Gasteiger charge is -2.12. The summed E-state index contributed by atoms with van der Waals surface area (Å²) in [5.41, 5.74) is 1.26. The first-order chi connectivity index (χ1) is 7.56. The molecule has 0 aliphatic rings. The van der Waals surface area contributed by atoms with Crippen molar-refractivity contribution in [1.82, 2.24) is 0 Å². The number of hydrogen-bond acceptors (Lipinski definition) is 3. The van der Waals surface area contributed by atoms with E-state index in [-0.39, 0.29) is 6.61 Å². The second-order valence-electron chi connectivity index (χ2n) is 3.61. The third-order valence-electron chi connectivity index (χ3n) is 2.23. The number of nitrogens with zero attached hydrogens (tertiary/aromatic N) is 1. The molecule has 1 N–H and O–H groups in total. The van der Waals surface area contributed by atoms with Crippen molar-refractivity contribution < 1.29 is 14.6 Å². The number of aryl methyl sites for hydroxylation is 1. The lowest BCUT2D eigenvalue weighted by molar-refractivity contribution is -0.142. The Bertz CT molecular complexity index is 434. The van der Waals surface area contributed by atoms with Gasteiger partial charge in [0.2, 0.25) is 0 Å². The van der Waals surface area contributed by atoms with Gasteiger partial charge in [-0.05, 0) is 25.5 Å². The molecule has 0 saturated carbocycles. The van der Waals surface area contributed by atoms with Crippen LogP contribution in [-0.2, 0) is 4.79 Å². The van der Waals surface area contributed by atoms with Crippen LogP contribution in [0.3, 0.4) is 0 Å². The topological polar surface area (TPSA) is 70.3 Å². The third-order valence-corrected chi connectivity index (χ3v) is 2.23. The maximum atomic E-state index is 10.6. The zero-order valence-electron chi connectivity index (χ0n) is 9.23. The van der Waals surface area contributed by atoms with Gasteiger partial charge < -0.3 is 9.84 Å². The molecular weight excluding hydrogens is 206 g/mol. The molecule has 0 fully saturated rings. The van der Waals surface area contributed by atoms with E-state index in [1.165, 1.54) is 0 Å². The Morgan fingerprint density at radius 3 is 2.88 bits per heavy atom. The quantitative estimate of drug-likeness (QED) is 0.840. The predicted molar refractivity (Wildman–Crippen MR) is 58.2 cm³/mol. The molecule has 1 atom stereocenters. The average molecular weight is 219 g/mol. The second kappa shape index (κ2) is 5.17. The standard InChI is InChI=1S/C12H13NO3/c1-8-4-3-5-10(6-13)11(8)16-7-9(2)12(14)15/h3-5,9H,7H2,1-2H3,(H,14,15). The Morgan fingerprint density at radius 1 is 1.62 bits per heavy atom. The highest BCUT2D eigenvalue weighted by atomic mass is 16.5. The molecule has 0 amide bonds. The van der Waals surface area contributed by atoms with Gasteiger partial charge in [0.25, 0.3) is 0 Å². The van der Waals surface area contributed by atoms with Gasteiger partial charge in [-0.15, -0.1) is 0 Å². The van der Waals surface area contributed by atoms with Crippen LogP contribution in [0.4, 0.5) is 0 Å². The molecule has 4 heteroatoms. The van der Waals surface area contributed by atoms with Crippen LogP contribution in [0.1, 0.15) is 18.1 Å². The number of aliphatic carboxylic acids is 1. The summed E-state index contributed by atoms with van der Waals surface area (Å²) >= 11 is 0. The maximum absolute atomic E-state index is 10.6. The highest BCUT2D eigenvalue weighted by Gasteiger charge is 2.13. The minimum Gasteiger partial charge on any atom is -0.491 e. The number of rotatable bonds is 4. The van der Waals surface area contributed by atoms with Crippen molar-refractivity contribution in [2.75, 3.05) is 6.61 Å². The molecule has 4 nitrogen and oxygen atoms in total. The monoisotopic (exact) mass is 219 g/mol. The normalized spacial score (nSPS) is 11.6. The maximum Gasteiger partial charge on any atom is 0.309 e. The van der Waals surface area contributed by atoms with E-state index < -0.39 is 11.9 Å². The van der Waals surface area contributed by atoms with Gasteiger partial charge in [0.15, 0.2) is 0 Å². The van der Waals surface area contributed by atoms with Crippen molar-refractivity contribution in [3.63, 3.8) is 0 Å². The van der Waals surface area contributed by atoms with Gasteiger partial charge in [0.05, 0.1) is 11.5 Å². The van der Waals surface area contributed by atoms with Crippen molar-refractivity contribution in [3.05, 3.63) is 29.3 Å². The molecule has 0 bridgehead atoms. The van der Waals surface area contributed by atoms with Crippen LogP contribution < -0.4 is 4.74 Å². The van der Waals surface area contributed by atoms with Gasteiger partial charge >= 0.3 is 5.97 Å². The fraction of sp³-hybridized carbons (Fsp3) is 0.333. The predicted octanol–water partition coefficient (Wildman–Crippen LogP) is 1.97. The van der Waals surface area contributed by atoms with E-state index in [9.17, 15) is 4.79 Å². The van der Waals surface area contributed by atoms with E-state index in [1.807, 2.05) is 19.1 Å². The molecule has 0 spiro atoms. The number of carbonyl (C=O) groups is 1. The average Bonchev–Trinajstić information content (AvgIpc) is 2.26. The summed E-state index contributed by atoms with van der Waals surface area (Å²) in [6.45, 7) is 3.45. The van der Waals surface area contributed by atoms with Crippen LogP contribution in [0, 0.1) is 24.2 Å². The van der Waals surface area contributed by atoms with Gasteiger partial charge in [-0.25, -0.2) is 0 Å². The van der Waals surface area contributed by atoms with E-state index in [4.69, 9.17) is 15.1 Å². The van der Waals surface area contributed by atoms with Crippen molar-refractivity contribution in [2.24, 2.45) is 5.92 Å². The van der Waals surface area contributed by atoms with Gasteiger partial charge in [-0.1, -0.05) is 12.1 Å². The van der Waals surface area contributed by atoms with Crippen LogP contribution >= 0.6 is 0 Å². The number of ether oxygens (including phenoxy) is 1. The number of benzene rings is 1. The fourth-order valence-corrected chi connectivity index (χ4v) is 1.21. The lowest BCUT2D eigenvalue weighted by atomic mass is 10.1. The molecule has 16 heavy (non-hydrogen) atoms. The molecule has 0 radical (unpaired) electrons. The first kappa shape index (κ1) is 12.1. The summed E-state index contributed by atoms with van der Waals surface area (Å²) in [5, 5.41) is 17.6. The van der Waals surface area contributed by atoms with Gasteiger partial charge in [-0.2, -0.15) is 5.26 Å². The van der Waals surface area contributed by atoms with Crippen LogP contribution in [0.25, 0.3) is 0 Å². The minimum atomic E-state index is -0.910. The molecule has 1 rings (SSSR count). The van der Waals surface area contributed by atoms with Gasteiger partial charge in [-0.3, -0.25) is 4.79 Å². The summed E-state index contributed by atoms with van der Waals surface area (Å²) in [7, 11) is 0. The van der Waals surface area contributed by atoms with Crippen molar-refractivity contribution in [3.8, 4) is 11.8 Å². The number of carboxylic acid groups (broad SMARTS) is 1. The summed E-state index contributed by atoms with van der Waals surface area (Å²) in [4.78, 5) is 10.6. The molecule has 84 valence electrons. The molecular formula is C12H13NO3. The summed E-state index contributed by atoms with van der Waals surface area (Å²) in [6, 6.07) is 7.25. The Hall–Kier alpha value is -2.02. The fourth-order valence-electron chi connectivity index (χ4n) is 1.21. The SMILES string of the molecule is Cc1cccc(C#N)c1OCC(C)C(=O)O. The summed E-state index contributed by atoms with van der Waals surface area (Å²) in [5.74, 6) is -1.03. The van der Waals surface area contributed by atoms with E-state index in [0.717, 1.165) is 5.56 Å². The molecule has 0 aliphatic carbocycles. The molecule has 1 aromatic rings. The Labute approximate surface area is 94.1 Å². The zero-order valence-corrected chi connectivity index (χ0v) is 9.23. The number of nitriles is 1. The smallest absolute Gasteiger partial charge is 0.309 e. The zero-order chi connectivity index (χ0) is 12.1. The van der Waals surface area contributed by atoms with Gasteiger partial charge in [0.1, 0.15) is 18.4 Å². The third kappa shape index (κ3) is 2.74. The van der Waals surface area contributed by atoms with Crippen LogP contribution in [0.2, 0.25) is 0 Å². The Kier molecular flexibility index (Phi) is 3.90. The largest absolute Gasteiger partial charge is 0.491 e. The van der Waals surface area contributed by atoms with E-state index in [2.05, 4.69) is 0 Å². The van der Waals surface area contributed by atoms with Crippen LogP contribution in [0.5, 0.6) is 5.75 Å². The van der Waals surface area contributed by atoms with Crippen molar-refractivity contribution >= 4 is 5.97 Å². The lowest BCUT2D eigenvalue weighted by Crippen LogP contribution is -2.18. The number of para-hydroxylation sites is 1. The molecule has 1 aromatic carbocycles. The Balaban J connectivity index is 2.82. The second-order valence-corrected chi connectivity index (χ2v) is 3.61. The van der Waals surface area contributed by atoms with E-state index in [1.54, 1.807) is 19.1 Å². The van der Waals surface area contributed by atoms with Crippen LogP contribution in [0.15, 0.2) is 18.2 Å². The summed E-state index contributed by atoms with van der Waals surface area (Å²) < 4.78 is 5.38. The molecule has 0 saturated heterocycles. The molecule has 0 aliphatic heterocycles.